The summed E-state index contributed by atoms with van der Waals surface area (Å²) in [6, 6.07) is 7.75. The molecule has 1 heterocycles. The Morgan fingerprint density at radius 1 is 1.00 bits per heavy atom. The van der Waals surface area contributed by atoms with E-state index in [-0.39, 0.29) is 17.7 Å². The molecule has 5 nitrogen and oxygen atoms in total. The molecule has 150 valence electrons. The fourth-order valence-corrected chi connectivity index (χ4v) is 5.93. The second-order valence-corrected chi connectivity index (χ2v) is 8.81. The minimum Gasteiger partial charge on any atom is -0.481 e. The molecule has 2 aliphatic carbocycles. The van der Waals surface area contributed by atoms with Crippen LogP contribution in [0.3, 0.4) is 0 Å². The number of anilines is 1. The minimum atomic E-state index is -0.820. The van der Waals surface area contributed by atoms with Gasteiger partial charge in [0, 0.05) is 26.2 Å². The summed E-state index contributed by atoms with van der Waals surface area (Å²) >= 11 is 6.31. The number of benzene rings is 1. The van der Waals surface area contributed by atoms with E-state index in [4.69, 9.17) is 11.6 Å². The lowest BCUT2D eigenvalue weighted by molar-refractivity contribution is -0.153. The van der Waals surface area contributed by atoms with Crippen LogP contribution in [0, 0.1) is 23.7 Å². The topological polar surface area (TPSA) is 60.9 Å². The first-order valence-electron chi connectivity index (χ1n) is 10.1. The molecule has 0 unspecified atom stereocenters. The zero-order valence-electron chi connectivity index (χ0n) is 16.4. The third kappa shape index (κ3) is 3.10. The molecule has 1 amide bonds. The van der Waals surface area contributed by atoms with Crippen LogP contribution in [0.25, 0.3) is 0 Å². The molecule has 0 radical (unpaired) electrons. The maximum Gasteiger partial charge on any atom is 0.307 e. The lowest BCUT2D eigenvalue weighted by Crippen LogP contribution is -2.52. The summed E-state index contributed by atoms with van der Waals surface area (Å²) in [6.45, 7) is 6.74. The number of nitrogens with zero attached hydrogens (tertiary/aromatic N) is 2. The molecule has 1 aromatic carbocycles. The summed E-state index contributed by atoms with van der Waals surface area (Å²) in [7, 11) is 0. The number of hydrogen-bond donors (Lipinski definition) is 1. The van der Waals surface area contributed by atoms with Crippen LogP contribution in [-0.4, -0.2) is 48.1 Å². The van der Waals surface area contributed by atoms with Crippen molar-refractivity contribution >= 4 is 29.2 Å². The van der Waals surface area contributed by atoms with Gasteiger partial charge in [-0.25, -0.2) is 0 Å². The first kappa shape index (κ1) is 19.3. The highest BCUT2D eigenvalue weighted by atomic mass is 35.5. The van der Waals surface area contributed by atoms with Crippen LogP contribution in [0.2, 0.25) is 5.02 Å². The molecule has 0 aromatic heterocycles. The third-order valence-electron chi connectivity index (χ3n) is 6.77. The summed E-state index contributed by atoms with van der Waals surface area (Å²) < 4.78 is 0. The third-order valence-corrected chi connectivity index (χ3v) is 7.09. The van der Waals surface area contributed by atoms with Crippen LogP contribution in [-0.2, 0) is 9.59 Å². The smallest absolute Gasteiger partial charge is 0.307 e. The van der Waals surface area contributed by atoms with Crippen molar-refractivity contribution in [2.45, 2.75) is 26.7 Å². The molecule has 3 fully saturated rings. The van der Waals surface area contributed by atoms with Crippen LogP contribution in [0.1, 0.15) is 26.7 Å². The molecule has 0 spiro atoms. The molecule has 1 saturated heterocycles. The SMILES string of the molecule is CC(C)=C1[C@H]2CC[C@H]1[C@@H](C(=O)N1CCN(c3ccccc3Cl)CC1)[C@H]2C(=O)O. The lowest BCUT2D eigenvalue weighted by atomic mass is 9.78. The van der Waals surface area contributed by atoms with E-state index in [1.165, 1.54) is 11.1 Å². The zero-order chi connectivity index (χ0) is 20.0. The first-order valence-corrected chi connectivity index (χ1v) is 10.5. The monoisotopic (exact) mass is 402 g/mol. The van der Waals surface area contributed by atoms with E-state index in [9.17, 15) is 14.7 Å². The van der Waals surface area contributed by atoms with Gasteiger partial charge in [0.25, 0.3) is 0 Å². The summed E-state index contributed by atoms with van der Waals surface area (Å²) in [6.07, 6.45) is 1.83. The number of para-hydroxylation sites is 1. The maximum absolute atomic E-state index is 13.4. The van der Waals surface area contributed by atoms with Crippen molar-refractivity contribution in [3.8, 4) is 0 Å². The number of piperazine rings is 1. The van der Waals surface area contributed by atoms with Gasteiger partial charge < -0.3 is 14.9 Å². The number of aliphatic carboxylic acids is 1. The predicted octanol–water partition coefficient (Wildman–Crippen LogP) is 3.68. The number of allylic oxidation sites excluding steroid dienone is 2. The molecular weight excluding hydrogens is 376 g/mol. The minimum absolute atomic E-state index is 0.0251. The Kier molecular flexibility index (Phi) is 5.13. The summed E-state index contributed by atoms with van der Waals surface area (Å²) in [5, 5.41) is 10.6. The number of carbonyl (C=O) groups is 2. The number of rotatable bonds is 3. The van der Waals surface area contributed by atoms with Gasteiger partial charge in [0.2, 0.25) is 5.91 Å². The Morgan fingerprint density at radius 2 is 1.61 bits per heavy atom. The Morgan fingerprint density at radius 3 is 2.18 bits per heavy atom. The normalized spacial score (nSPS) is 29.3. The molecule has 3 aliphatic rings. The van der Waals surface area contributed by atoms with E-state index >= 15 is 0 Å². The van der Waals surface area contributed by atoms with Crippen LogP contribution in [0.4, 0.5) is 5.69 Å². The molecule has 2 saturated carbocycles. The van der Waals surface area contributed by atoms with Crippen molar-refractivity contribution in [3.05, 3.63) is 40.4 Å². The van der Waals surface area contributed by atoms with E-state index < -0.39 is 17.8 Å². The van der Waals surface area contributed by atoms with E-state index in [1.54, 1.807) is 0 Å². The van der Waals surface area contributed by atoms with Gasteiger partial charge in [-0.2, -0.15) is 0 Å². The summed E-state index contributed by atoms with van der Waals surface area (Å²) in [4.78, 5) is 29.5. The predicted molar refractivity (Wildman–Crippen MR) is 109 cm³/mol. The highest BCUT2D eigenvalue weighted by molar-refractivity contribution is 6.33. The van der Waals surface area contributed by atoms with Crippen molar-refractivity contribution in [1.29, 1.82) is 0 Å². The zero-order valence-corrected chi connectivity index (χ0v) is 17.2. The average molecular weight is 403 g/mol. The number of hydrogen-bond acceptors (Lipinski definition) is 3. The van der Waals surface area contributed by atoms with Gasteiger partial charge in [-0.1, -0.05) is 34.9 Å². The molecule has 4 atom stereocenters. The van der Waals surface area contributed by atoms with Crippen molar-refractivity contribution in [3.63, 3.8) is 0 Å². The molecule has 6 heteroatoms. The van der Waals surface area contributed by atoms with Gasteiger partial charge in [-0.05, 0) is 50.7 Å². The quantitative estimate of drug-likeness (QED) is 0.783. The fourth-order valence-electron chi connectivity index (χ4n) is 5.67. The van der Waals surface area contributed by atoms with Crippen LogP contribution < -0.4 is 4.90 Å². The fraction of sp³-hybridized carbons (Fsp3) is 0.545. The largest absolute Gasteiger partial charge is 0.481 e. The van der Waals surface area contributed by atoms with Crippen molar-refractivity contribution in [1.82, 2.24) is 4.90 Å². The number of carbonyl (C=O) groups excluding carboxylic acids is 1. The number of amides is 1. The van der Waals surface area contributed by atoms with Crippen molar-refractivity contribution in [2.75, 3.05) is 31.1 Å². The highest BCUT2D eigenvalue weighted by Gasteiger charge is 2.58. The number of carboxylic acids is 1. The Hall–Kier alpha value is -2.01. The van der Waals surface area contributed by atoms with Gasteiger partial charge >= 0.3 is 5.97 Å². The van der Waals surface area contributed by atoms with E-state index in [0.29, 0.717) is 26.2 Å². The molecular formula is C22H27ClN2O3. The van der Waals surface area contributed by atoms with Gasteiger partial charge in [0.05, 0.1) is 22.5 Å². The number of halogens is 1. The van der Waals surface area contributed by atoms with Gasteiger partial charge in [-0.3, -0.25) is 9.59 Å². The Labute approximate surface area is 171 Å². The first-order chi connectivity index (χ1) is 13.4. The average Bonchev–Trinajstić information content (AvgIpc) is 3.24. The standard InChI is InChI=1S/C22H27ClN2O3/c1-13(2)18-14-7-8-15(18)20(22(27)28)19(14)21(26)25-11-9-24(10-12-25)17-6-4-3-5-16(17)23/h3-6,14-15,19-20H,7-12H2,1-2H3,(H,27,28)/t14-,15-,19-,20+/m1/s1. The van der Waals surface area contributed by atoms with Gasteiger partial charge in [0.15, 0.2) is 0 Å². The van der Waals surface area contributed by atoms with Gasteiger partial charge in [-0.15, -0.1) is 0 Å². The number of carboxylic acid groups (broad SMARTS) is 1. The van der Waals surface area contributed by atoms with E-state index in [0.717, 1.165) is 23.6 Å². The second-order valence-electron chi connectivity index (χ2n) is 8.40. The highest BCUT2D eigenvalue weighted by Crippen LogP contribution is 2.57. The van der Waals surface area contributed by atoms with Crippen molar-refractivity contribution < 1.29 is 14.7 Å². The molecule has 1 aromatic rings. The molecule has 28 heavy (non-hydrogen) atoms. The summed E-state index contributed by atoms with van der Waals surface area (Å²) in [5.41, 5.74) is 3.42. The molecule has 1 aliphatic heterocycles. The van der Waals surface area contributed by atoms with Crippen LogP contribution in [0.15, 0.2) is 35.4 Å². The maximum atomic E-state index is 13.4. The molecule has 4 rings (SSSR count). The number of fused-ring (bicyclic) bond motifs is 2. The van der Waals surface area contributed by atoms with Gasteiger partial charge in [0.1, 0.15) is 0 Å². The lowest BCUT2D eigenvalue weighted by Gasteiger charge is -2.39. The van der Waals surface area contributed by atoms with E-state index in [1.807, 2.05) is 29.2 Å². The van der Waals surface area contributed by atoms with Crippen molar-refractivity contribution in [2.24, 2.45) is 23.7 Å². The van der Waals surface area contributed by atoms with Crippen LogP contribution in [0.5, 0.6) is 0 Å². The molecule has 2 bridgehead atoms. The second kappa shape index (κ2) is 7.43. The molecule has 1 N–H and O–H groups in total. The Balaban J connectivity index is 1.50. The van der Waals surface area contributed by atoms with Crippen LogP contribution >= 0.6 is 11.6 Å². The van der Waals surface area contributed by atoms with E-state index in [2.05, 4.69) is 18.7 Å². The Bertz CT molecular complexity index is 825. The summed E-state index contributed by atoms with van der Waals surface area (Å²) in [5.74, 6) is -1.64.